The first kappa shape index (κ1) is 18.8. The van der Waals surface area contributed by atoms with Gasteiger partial charge in [-0.2, -0.15) is 8.78 Å². The summed E-state index contributed by atoms with van der Waals surface area (Å²) in [6.45, 7) is -1.95. The van der Waals surface area contributed by atoms with Crippen LogP contribution in [0.4, 0.5) is 30.2 Å². The van der Waals surface area contributed by atoms with Crippen molar-refractivity contribution < 1.29 is 22.8 Å². The van der Waals surface area contributed by atoms with Crippen molar-refractivity contribution in [2.45, 2.75) is 25.5 Å². The van der Waals surface area contributed by atoms with Gasteiger partial charge in [0.15, 0.2) is 0 Å². The third kappa shape index (κ3) is 4.60. The number of para-hydroxylation sites is 1. The number of nitrogens with one attached hydrogen (secondary N) is 1. The number of rotatable bonds is 6. The zero-order chi connectivity index (χ0) is 19.4. The molecule has 0 saturated carbocycles. The maximum absolute atomic E-state index is 13.7. The molecule has 6 nitrogen and oxygen atoms in total. The Morgan fingerprint density at radius 3 is 2.52 bits per heavy atom. The van der Waals surface area contributed by atoms with Gasteiger partial charge < -0.3 is 15.0 Å². The van der Waals surface area contributed by atoms with Crippen molar-refractivity contribution in [2.24, 2.45) is 0 Å². The Morgan fingerprint density at radius 1 is 1.19 bits per heavy atom. The summed E-state index contributed by atoms with van der Waals surface area (Å²) < 4.78 is 43.1. The van der Waals surface area contributed by atoms with Crippen molar-refractivity contribution in [1.82, 2.24) is 0 Å². The lowest BCUT2D eigenvalue weighted by Gasteiger charge is -2.34. The summed E-state index contributed by atoms with van der Waals surface area (Å²) in [6.07, 6.45) is 1.41. The fourth-order valence-corrected chi connectivity index (χ4v) is 3.12. The van der Waals surface area contributed by atoms with Crippen molar-refractivity contribution >= 4 is 17.1 Å². The third-order valence-corrected chi connectivity index (χ3v) is 4.45. The predicted molar refractivity (Wildman–Crippen MR) is 95.0 cm³/mol. The molecule has 2 aromatic carbocycles. The fourth-order valence-electron chi connectivity index (χ4n) is 3.12. The molecule has 1 saturated heterocycles. The number of nitro benzene ring substituents is 1. The van der Waals surface area contributed by atoms with E-state index in [0.29, 0.717) is 37.3 Å². The van der Waals surface area contributed by atoms with Gasteiger partial charge in [0.25, 0.3) is 0 Å². The van der Waals surface area contributed by atoms with E-state index in [2.05, 4.69) is 10.1 Å². The predicted octanol–water partition coefficient (Wildman–Crippen LogP) is 4.42. The van der Waals surface area contributed by atoms with Crippen molar-refractivity contribution in [1.29, 1.82) is 0 Å². The van der Waals surface area contributed by atoms with Crippen LogP contribution in [0.5, 0.6) is 5.75 Å². The van der Waals surface area contributed by atoms with Gasteiger partial charge in [-0.15, -0.1) is 0 Å². The molecule has 3 rings (SSSR count). The Bertz CT molecular complexity index is 811. The normalized spacial score (nSPS) is 15.0. The standard InChI is InChI=1S/C18H18F3N3O3/c19-14-3-1-2-4-15(14)22-12-7-9-23(10-8-12)13-5-6-16(24(25)26)17(11-13)27-18(20)21/h1-6,11-12,18,22H,7-10H2. The van der Waals surface area contributed by atoms with E-state index in [-0.39, 0.29) is 11.9 Å². The molecule has 1 aliphatic rings. The average Bonchev–Trinajstić information content (AvgIpc) is 2.63. The molecule has 1 fully saturated rings. The summed E-state index contributed by atoms with van der Waals surface area (Å²) >= 11 is 0. The van der Waals surface area contributed by atoms with Gasteiger partial charge >= 0.3 is 12.3 Å². The van der Waals surface area contributed by atoms with Gasteiger partial charge in [0.1, 0.15) is 5.82 Å². The van der Waals surface area contributed by atoms with Crippen LogP contribution in [0.15, 0.2) is 42.5 Å². The molecule has 1 aliphatic heterocycles. The second kappa shape index (κ2) is 8.15. The molecule has 0 spiro atoms. The number of ether oxygens (including phenoxy) is 1. The number of benzene rings is 2. The fraction of sp³-hybridized carbons (Fsp3) is 0.333. The highest BCUT2D eigenvalue weighted by Crippen LogP contribution is 2.34. The lowest BCUT2D eigenvalue weighted by atomic mass is 10.0. The molecule has 1 heterocycles. The van der Waals surface area contributed by atoms with Crippen LogP contribution in [0.1, 0.15) is 12.8 Å². The molecule has 1 N–H and O–H groups in total. The highest BCUT2D eigenvalue weighted by atomic mass is 19.3. The molecule has 0 amide bonds. The topological polar surface area (TPSA) is 67.6 Å². The zero-order valence-corrected chi connectivity index (χ0v) is 14.3. The summed E-state index contributed by atoms with van der Waals surface area (Å²) in [5, 5.41) is 14.1. The van der Waals surface area contributed by atoms with Crippen LogP contribution in [-0.4, -0.2) is 30.7 Å². The number of hydrogen-bond donors (Lipinski definition) is 1. The molecule has 9 heteroatoms. The zero-order valence-electron chi connectivity index (χ0n) is 14.3. The van der Waals surface area contributed by atoms with E-state index in [1.54, 1.807) is 18.2 Å². The Balaban J connectivity index is 1.67. The molecule has 0 unspecified atom stereocenters. The smallest absolute Gasteiger partial charge is 0.387 e. The monoisotopic (exact) mass is 381 g/mol. The summed E-state index contributed by atoms with van der Waals surface area (Å²) in [5.41, 5.74) is 0.509. The third-order valence-electron chi connectivity index (χ3n) is 4.45. The van der Waals surface area contributed by atoms with Crippen molar-refractivity contribution in [3.8, 4) is 5.75 Å². The van der Waals surface area contributed by atoms with Gasteiger partial charge in [0.2, 0.25) is 5.75 Å². The van der Waals surface area contributed by atoms with Gasteiger partial charge in [-0.3, -0.25) is 10.1 Å². The van der Waals surface area contributed by atoms with Crippen molar-refractivity contribution in [3.05, 3.63) is 58.4 Å². The van der Waals surface area contributed by atoms with E-state index in [4.69, 9.17) is 0 Å². The van der Waals surface area contributed by atoms with Crippen molar-refractivity contribution in [3.63, 3.8) is 0 Å². The van der Waals surface area contributed by atoms with E-state index in [1.807, 2.05) is 4.90 Å². The lowest BCUT2D eigenvalue weighted by molar-refractivity contribution is -0.386. The van der Waals surface area contributed by atoms with Gasteiger partial charge in [-0.1, -0.05) is 12.1 Å². The highest BCUT2D eigenvalue weighted by Gasteiger charge is 2.24. The Kier molecular flexibility index (Phi) is 5.68. The second-order valence-corrected chi connectivity index (χ2v) is 6.17. The van der Waals surface area contributed by atoms with E-state index in [0.717, 1.165) is 6.07 Å². The Hall–Kier alpha value is -2.97. The van der Waals surface area contributed by atoms with E-state index in [1.165, 1.54) is 18.2 Å². The van der Waals surface area contributed by atoms with Gasteiger partial charge in [0.05, 0.1) is 10.6 Å². The van der Waals surface area contributed by atoms with E-state index in [9.17, 15) is 23.3 Å². The number of piperidine rings is 1. The van der Waals surface area contributed by atoms with E-state index < -0.39 is 23.0 Å². The number of anilines is 2. The SMILES string of the molecule is O=[N+]([O-])c1ccc(N2CCC(Nc3ccccc3F)CC2)cc1OC(F)F. The first-order valence-corrected chi connectivity index (χ1v) is 8.43. The van der Waals surface area contributed by atoms with Crippen LogP contribution in [0.2, 0.25) is 0 Å². The average molecular weight is 381 g/mol. The minimum atomic E-state index is -3.14. The number of nitrogens with zero attached hydrogens (tertiary/aromatic N) is 2. The summed E-state index contributed by atoms with van der Waals surface area (Å²) in [6, 6.07) is 10.4. The molecule has 0 bridgehead atoms. The number of alkyl halides is 2. The molecule has 27 heavy (non-hydrogen) atoms. The first-order valence-electron chi connectivity index (χ1n) is 8.43. The maximum Gasteiger partial charge on any atom is 0.387 e. The minimum absolute atomic E-state index is 0.0768. The largest absolute Gasteiger partial charge is 0.427 e. The second-order valence-electron chi connectivity index (χ2n) is 6.17. The van der Waals surface area contributed by atoms with Crippen LogP contribution < -0.4 is 15.0 Å². The van der Waals surface area contributed by atoms with Gasteiger partial charge in [0, 0.05) is 37.0 Å². The number of halogens is 3. The quantitative estimate of drug-likeness (QED) is 0.593. The highest BCUT2D eigenvalue weighted by molar-refractivity contribution is 5.59. The van der Waals surface area contributed by atoms with Crippen LogP contribution in [0.25, 0.3) is 0 Å². The summed E-state index contributed by atoms with van der Waals surface area (Å²) in [4.78, 5) is 12.1. The number of hydrogen-bond acceptors (Lipinski definition) is 5. The molecule has 0 aromatic heterocycles. The molecule has 0 atom stereocenters. The number of nitro groups is 1. The maximum atomic E-state index is 13.7. The molecule has 0 radical (unpaired) electrons. The summed E-state index contributed by atoms with van der Waals surface area (Å²) in [5.74, 6) is -0.775. The molecule has 144 valence electrons. The first-order chi connectivity index (χ1) is 12.9. The van der Waals surface area contributed by atoms with Crippen LogP contribution in [0, 0.1) is 15.9 Å². The molecular formula is C18H18F3N3O3. The minimum Gasteiger partial charge on any atom is -0.427 e. The van der Waals surface area contributed by atoms with Crippen LogP contribution in [0.3, 0.4) is 0 Å². The molecular weight excluding hydrogens is 363 g/mol. The van der Waals surface area contributed by atoms with Crippen LogP contribution >= 0.6 is 0 Å². The summed E-state index contributed by atoms with van der Waals surface area (Å²) in [7, 11) is 0. The lowest BCUT2D eigenvalue weighted by Crippen LogP contribution is -2.39. The van der Waals surface area contributed by atoms with Gasteiger partial charge in [-0.25, -0.2) is 4.39 Å². The van der Waals surface area contributed by atoms with E-state index >= 15 is 0 Å². The van der Waals surface area contributed by atoms with Gasteiger partial charge in [-0.05, 0) is 31.0 Å². The Labute approximate surface area is 153 Å². The van der Waals surface area contributed by atoms with Crippen LogP contribution in [-0.2, 0) is 0 Å². The molecule has 2 aromatic rings. The molecule has 0 aliphatic carbocycles. The van der Waals surface area contributed by atoms with Crippen molar-refractivity contribution in [2.75, 3.05) is 23.3 Å². The Morgan fingerprint density at radius 2 is 1.89 bits per heavy atom.